The summed E-state index contributed by atoms with van der Waals surface area (Å²) in [6, 6.07) is 15.1. The van der Waals surface area contributed by atoms with Gasteiger partial charge in [-0.1, -0.05) is 101 Å². The number of ether oxygens (including phenoxy) is 1. The van der Waals surface area contributed by atoms with E-state index in [0.717, 1.165) is 37.7 Å². The van der Waals surface area contributed by atoms with Gasteiger partial charge in [0.2, 0.25) is 5.82 Å². The molecule has 0 heterocycles. The van der Waals surface area contributed by atoms with E-state index in [2.05, 4.69) is 13.8 Å². The fraction of sp³-hybridized carbons (Fsp3) is 0.368. The Morgan fingerprint density at radius 1 is 0.591 bits per heavy atom. The third kappa shape index (κ3) is 6.85. The first kappa shape index (κ1) is 31.7. The van der Waals surface area contributed by atoms with Crippen molar-refractivity contribution in [2.24, 2.45) is 5.92 Å². The molecule has 4 aromatic carbocycles. The molecule has 1 atom stereocenters. The molecule has 1 unspecified atom stereocenters. The number of fused-ring (bicyclic) bond motifs is 1. The number of hydrogen-bond donors (Lipinski definition) is 0. The summed E-state index contributed by atoms with van der Waals surface area (Å²) in [7, 11) is 0. The zero-order chi connectivity index (χ0) is 31.2. The van der Waals surface area contributed by atoms with Crippen LogP contribution in [0.1, 0.15) is 76.3 Å². The minimum atomic E-state index is -1.13. The van der Waals surface area contributed by atoms with Gasteiger partial charge in [0.15, 0.2) is 23.2 Å². The Kier molecular flexibility index (Phi) is 10.4. The van der Waals surface area contributed by atoms with Crippen LogP contribution < -0.4 is 4.74 Å². The number of halogens is 5. The number of hydrogen-bond acceptors (Lipinski definition) is 1. The molecule has 0 N–H and O–H groups in total. The predicted octanol–water partition coefficient (Wildman–Crippen LogP) is 11.6. The van der Waals surface area contributed by atoms with Crippen LogP contribution in [-0.2, 0) is 12.8 Å². The summed E-state index contributed by atoms with van der Waals surface area (Å²) >= 11 is 0. The Morgan fingerprint density at radius 3 is 1.80 bits per heavy atom. The molecule has 0 aliphatic heterocycles. The molecule has 0 radical (unpaired) electrons. The number of benzene rings is 4. The van der Waals surface area contributed by atoms with E-state index in [1.807, 2.05) is 6.07 Å². The van der Waals surface area contributed by atoms with Crippen molar-refractivity contribution in [3.05, 3.63) is 101 Å². The van der Waals surface area contributed by atoms with Gasteiger partial charge in [0.1, 0.15) is 5.82 Å². The highest BCUT2D eigenvalue weighted by atomic mass is 19.2. The van der Waals surface area contributed by atoms with Crippen molar-refractivity contribution in [1.82, 2.24) is 0 Å². The van der Waals surface area contributed by atoms with Crippen LogP contribution in [-0.4, -0.2) is 6.61 Å². The maximum Gasteiger partial charge on any atom is 0.201 e. The van der Waals surface area contributed by atoms with Crippen LogP contribution in [0.2, 0.25) is 0 Å². The molecular formula is C38H39F5O. The third-order valence-electron chi connectivity index (χ3n) is 8.73. The summed E-state index contributed by atoms with van der Waals surface area (Å²) in [5, 5.41) is 0. The standard InChI is InChI=1S/C38H39F5O/c1-3-4-5-6-7-8-9-22-44-33-21-20-29(36(41)38(33)43)26-13-11-25(12-14-26)28-18-19-32(37(42)35(28)40)31-17-15-27-23-24(2)10-16-30(27)34(31)39/h11-15,17-21,24H,3-10,16,22-23H2,1-2H3. The van der Waals surface area contributed by atoms with E-state index in [9.17, 15) is 4.39 Å². The summed E-state index contributed by atoms with van der Waals surface area (Å²) in [6.07, 6.45) is 9.87. The summed E-state index contributed by atoms with van der Waals surface area (Å²) in [5.74, 6) is -4.47. The van der Waals surface area contributed by atoms with Crippen molar-refractivity contribution in [3.8, 4) is 39.1 Å². The third-order valence-corrected chi connectivity index (χ3v) is 8.73. The summed E-state index contributed by atoms with van der Waals surface area (Å²) in [4.78, 5) is 0. The minimum Gasteiger partial charge on any atom is -0.490 e. The molecule has 0 saturated carbocycles. The van der Waals surface area contributed by atoms with E-state index < -0.39 is 29.1 Å². The van der Waals surface area contributed by atoms with E-state index in [1.165, 1.54) is 80.3 Å². The summed E-state index contributed by atoms with van der Waals surface area (Å²) < 4.78 is 81.4. The first-order valence-corrected chi connectivity index (χ1v) is 15.8. The molecule has 0 spiro atoms. The largest absolute Gasteiger partial charge is 0.490 e. The first-order valence-electron chi connectivity index (χ1n) is 15.8. The molecule has 1 aliphatic rings. The quantitative estimate of drug-likeness (QED) is 0.115. The zero-order valence-corrected chi connectivity index (χ0v) is 25.4. The SMILES string of the molecule is CCCCCCCCCOc1ccc(-c2ccc(-c3ccc(-c4ccc5c(c4F)CCC(C)C5)c(F)c3F)cc2)c(F)c1F. The lowest BCUT2D eigenvalue weighted by molar-refractivity contribution is 0.285. The number of unbranched alkanes of at least 4 members (excludes halogenated alkanes) is 6. The number of rotatable bonds is 12. The topological polar surface area (TPSA) is 9.23 Å². The average molecular weight is 607 g/mol. The van der Waals surface area contributed by atoms with Gasteiger partial charge in [-0.2, -0.15) is 4.39 Å². The van der Waals surface area contributed by atoms with Gasteiger partial charge in [-0.05, 0) is 66.0 Å². The van der Waals surface area contributed by atoms with E-state index in [0.29, 0.717) is 35.6 Å². The predicted molar refractivity (Wildman–Crippen MR) is 167 cm³/mol. The van der Waals surface area contributed by atoms with E-state index >= 15 is 17.6 Å². The van der Waals surface area contributed by atoms with Crippen molar-refractivity contribution < 1.29 is 26.7 Å². The maximum absolute atomic E-state index is 15.4. The van der Waals surface area contributed by atoms with Gasteiger partial charge in [0.05, 0.1) is 6.61 Å². The van der Waals surface area contributed by atoms with Crippen LogP contribution in [0.25, 0.3) is 33.4 Å². The van der Waals surface area contributed by atoms with Crippen LogP contribution in [0.15, 0.2) is 60.7 Å². The summed E-state index contributed by atoms with van der Waals surface area (Å²) in [6.45, 7) is 4.61. The molecular weight excluding hydrogens is 567 g/mol. The van der Waals surface area contributed by atoms with Gasteiger partial charge in [0, 0.05) is 22.3 Å². The molecule has 0 saturated heterocycles. The lowest BCUT2D eigenvalue weighted by Crippen LogP contribution is -2.13. The zero-order valence-electron chi connectivity index (χ0n) is 25.4. The van der Waals surface area contributed by atoms with Gasteiger partial charge >= 0.3 is 0 Å². The molecule has 1 aliphatic carbocycles. The molecule has 5 rings (SSSR count). The van der Waals surface area contributed by atoms with Crippen LogP contribution in [0.4, 0.5) is 22.0 Å². The summed E-state index contributed by atoms with van der Waals surface area (Å²) in [5.41, 5.74) is 2.18. The molecule has 44 heavy (non-hydrogen) atoms. The van der Waals surface area contributed by atoms with Gasteiger partial charge in [-0.15, -0.1) is 0 Å². The van der Waals surface area contributed by atoms with Gasteiger partial charge in [-0.3, -0.25) is 0 Å². The fourth-order valence-electron chi connectivity index (χ4n) is 6.12. The van der Waals surface area contributed by atoms with Crippen LogP contribution in [0.5, 0.6) is 5.75 Å². The van der Waals surface area contributed by atoms with E-state index in [4.69, 9.17) is 4.74 Å². The maximum atomic E-state index is 15.4. The first-order chi connectivity index (χ1) is 21.3. The molecule has 0 amide bonds. The Bertz CT molecular complexity index is 1590. The Labute approximate surface area is 257 Å². The lowest BCUT2D eigenvalue weighted by atomic mass is 9.83. The van der Waals surface area contributed by atoms with Crippen molar-refractivity contribution in [3.63, 3.8) is 0 Å². The minimum absolute atomic E-state index is 0.00856. The van der Waals surface area contributed by atoms with Crippen molar-refractivity contribution >= 4 is 0 Å². The van der Waals surface area contributed by atoms with Gasteiger partial charge in [-0.25, -0.2) is 17.6 Å². The van der Waals surface area contributed by atoms with Gasteiger partial charge < -0.3 is 4.74 Å². The second-order valence-corrected chi connectivity index (χ2v) is 12.0. The Balaban J connectivity index is 1.29. The van der Waals surface area contributed by atoms with E-state index in [-0.39, 0.29) is 28.0 Å². The van der Waals surface area contributed by atoms with E-state index in [1.54, 1.807) is 0 Å². The molecule has 232 valence electrons. The van der Waals surface area contributed by atoms with Crippen LogP contribution in [0, 0.1) is 35.0 Å². The molecule has 0 fully saturated rings. The highest BCUT2D eigenvalue weighted by Crippen LogP contribution is 2.37. The Hall–Kier alpha value is -3.67. The molecule has 0 aromatic heterocycles. The Morgan fingerprint density at radius 2 is 1.11 bits per heavy atom. The highest BCUT2D eigenvalue weighted by Gasteiger charge is 2.24. The van der Waals surface area contributed by atoms with Crippen molar-refractivity contribution in [2.75, 3.05) is 6.61 Å². The lowest BCUT2D eigenvalue weighted by Gasteiger charge is -2.23. The smallest absolute Gasteiger partial charge is 0.201 e. The van der Waals surface area contributed by atoms with Crippen LogP contribution in [0.3, 0.4) is 0 Å². The second kappa shape index (κ2) is 14.4. The molecule has 1 nitrogen and oxygen atoms in total. The molecule has 6 heteroatoms. The monoisotopic (exact) mass is 606 g/mol. The molecule has 0 bridgehead atoms. The van der Waals surface area contributed by atoms with Crippen molar-refractivity contribution in [2.45, 2.75) is 78.1 Å². The second-order valence-electron chi connectivity index (χ2n) is 12.0. The highest BCUT2D eigenvalue weighted by molar-refractivity contribution is 5.75. The van der Waals surface area contributed by atoms with Crippen LogP contribution >= 0.6 is 0 Å². The normalized spacial score (nSPS) is 14.5. The molecule has 4 aromatic rings. The van der Waals surface area contributed by atoms with Crippen molar-refractivity contribution in [1.29, 1.82) is 0 Å². The van der Waals surface area contributed by atoms with Gasteiger partial charge in [0.25, 0.3) is 0 Å². The average Bonchev–Trinajstić information content (AvgIpc) is 3.02. The fourth-order valence-corrected chi connectivity index (χ4v) is 6.12.